The molecule has 0 fully saturated rings. The van der Waals surface area contributed by atoms with Crippen LogP contribution in [-0.2, 0) is 10.9 Å². The monoisotopic (exact) mass is 248 g/mol. The van der Waals surface area contributed by atoms with Crippen molar-refractivity contribution in [2.75, 3.05) is 7.11 Å². The van der Waals surface area contributed by atoms with Gasteiger partial charge in [0.1, 0.15) is 0 Å². The molecule has 6 heteroatoms. The SMILES string of the molecule is COC(C)CC(N)c1cnccc1C(F)(F)F. The lowest BCUT2D eigenvalue weighted by Gasteiger charge is -2.20. The maximum absolute atomic E-state index is 12.7. The lowest BCUT2D eigenvalue weighted by Crippen LogP contribution is -2.22. The van der Waals surface area contributed by atoms with Crippen LogP contribution in [0.5, 0.6) is 0 Å². The Morgan fingerprint density at radius 2 is 2.12 bits per heavy atom. The molecule has 1 heterocycles. The Bertz CT molecular complexity index is 368. The minimum Gasteiger partial charge on any atom is -0.382 e. The van der Waals surface area contributed by atoms with Crippen molar-refractivity contribution in [2.45, 2.75) is 31.7 Å². The van der Waals surface area contributed by atoms with Crippen LogP contribution in [0.25, 0.3) is 0 Å². The highest BCUT2D eigenvalue weighted by atomic mass is 19.4. The van der Waals surface area contributed by atoms with Crippen molar-refractivity contribution in [1.82, 2.24) is 4.98 Å². The molecule has 3 nitrogen and oxygen atoms in total. The Kier molecular flexibility index (Phi) is 4.47. The highest BCUT2D eigenvalue weighted by Crippen LogP contribution is 2.34. The summed E-state index contributed by atoms with van der Waals surface area (Å²) in [6.45, 7) is 1.75. The first-order valence-electron chi connectivity index (χ1n) is 5.15. The van der Waals surface area contributed by atoms with Crippen molar-refractivity contribution in [3.8, 4) is 0 Å². The predicted octanol–water partition coefficient (Wildman–Crippen LogP) is 2.53. The summed E-state index contributed by atoms with van der Waals surface area (Å²) >= 11 is 0. The topological polar surface area (TPSA) is 48.1 Å². The van der Waals surface area contributed by atoms with Gasteiger partial charge in [0.2, 0.25) is 0 Å². The molecule has 0 bridgehead atoms. The summed E-state index contributed by atoms with van der Waals surface area (Å²) in [5, 5.41) is 0. The molecule has 1 aromatic rings. The van der Waals surface area contributed by atoms with Gasteiger partial charge in [-0.05, 0) is 25.0 Å². The normalized spacial score (nSPS) is 15.6. The summed E-state index contributed by atoms with van der Waals surface area (Å²) in [7, 11) is 1.49. The maximum atomic E-state index is 12.7. The number of hydrogen-bond acceptors (Lipinski definition) is 3. The molecule has 0 saturated carbocycles. The van der Waals surface area contributed by atoms with E-state index in [2.05, 4.69) is 4.98 Å². The molecule has 0 aromatic carbocycles. The largest absolute Gasteiger partial charge is 0.416 e. The molecule has 1 rings (SSSR count). The van der Waals surface area contributed by atoms with Crippen molar-refractivity contribution >= 4 is 0 Å². The van der Waals surface area contributed by atoms with E-state index in [0.717, 1.165) is 18.5 Å². The molecule has 1 aromatic heterocycles. The van der Waals surface area contributed by atoms with Gasteiger partial charge >= 0.3 is 6.18 Å². The number of alkyl halides is 3. The predicted molar refractivity (Wildman–Crippen MR) is 57.3 cm³/mol. The van der Waals surface area contributed by atoms with E-state index in [9.17, 15) is 13.2 Å². The van der Waals surface area contributed by atoms with E-state index in [-0.39, 0.29) is 11.7 Å². The van der Waals surface area contributed by atoms with Gasteiger partial charge in [-0.25, -0.2) is 0 Å². The fourth-order valence-electron chi connectivity index (χ4n) is 1.54. The molecule has 0 amide bonds. The molecule has 0 aliphatic rings. The summed E-state index contributed by atoms with van der Waals surface area (Å²) < 4.78 is 43.1. The number of halogens is 3. The summed E-state index contributed by atoms with van der Waals surface area (Å²) in [4.78, 5) is 3.69. The van der Waals surface area contributed by atoms with Gasteiger partial charge in [0.25, 0.3) is 0 Å². The van der Waals surface area contributed by atoms with Crippen LogP contribution in [0, 0.1) is 0 Å². The maximum Gasteiger partial charge on any atom is 0.416 e. The third kappa shape index (κ3) is 3.67. The van der Waals surface area contributed by atoms with E-state index in [1.54, 1.807) is 6.92 Å². The average Bonchev–Trinajstić information content (AvgIpc) is 2.27. The highest BCUT2D eigenvalue weighted by Gasteiger charge is 2.34. The fourth-order valence-corrected chi connectivity index (χ4v) is 1.54. The van der Waals surface area contributed by atoms with E-state index in [1.165, 1.54) is 7.11 Å². The zero-order valence-electron chi connectivity index (χ0n) is 9.66. The summed E-state index contributed by atoms with van der Waals surface area (Å²) in [5.74, 6) is 0. The second kappa shape index (κ2) is 5.46. The second-order valence-electron chi connectivity index (χ2n) is 3.85. The average molecular weight is 248 g/mol. The Labute approximate surface area is 97.8 Å². The first-order valence-corrected chi connectivity index (χ1v) is 5.15. The number of pyridine rings is 1. The van der Waals surface area contributed by atoms with Gasteiger partial charge in [-0.15, -0.1) is 0 Å². The summed E-state index contributed by atoms with van der Waals surface area (Å²) in [6, 6.07) is 0.197. The van der Waals surface area contributed by atoms with Crippen LogP contribution in [-0.4, -0.2) is 18.2 Å². The Morgan fingerprint density at radius 1 is 1.47 bits per heavy atom. The van der Waals surface area contributed by atoms with Crippen LogP contribution in [0.2, 0.25) is 0 Å². The number of rotatable bonds is 4. The lowest BCUT2D eigenvalue weighted by molar-refractivity contribution is -0.138. The quantitative estimate of drug-likeness (QED) is 0.890. The molecule has 2 N–H and O–H groups in total. The van der Waals surface area contributed by atoms with Crippen molar-refractivity contribution in [3.63, 3.8) is 0 Å². The van der Waals surface area contributed by atoms with Crippen LogP contribution in [0.15, 0.2) is 18.5 Å². The number of ether oxygens (including phenoxy) is 1. The summed E-state index contributed by atoms with van der Waals surface area (Å²) in [5.41, 5.74) is 5.02. The molecule has 0 aliphatic carbocycles. The fraction of sp³-hybridized carbons (Fsp3) is 0.545. The van der Waals surface area contributed by atoms with Crippen molar-refractivity contribution < 1.29 is 17.9 Å². The van der Waals surface area contributed by atoms with Gasteiger partial charge in [-0.2, -0.15) is 13.2 Å². The standard InChI is InChI=1S/C11H15F3N2O/c1-7(17-2)5-10(15)8-6-16-4-3-9(8)11(12,13)14/h3-4,6-7,10H,5,15H2,1-2H3. The Hall–Kier alpha value is -1.14. The molecule has 0 radical (unpaired) electrons. The van der Waals surface area contributed by atoms with E-state index in [4.69, 9.17) is 10.5 Å². The van der Waals surface area contributed by atoms with Crippen molar-refractivity contribution in [1.29, 1.82) is 0 Å². The van der Waals surface area contributed by atoms with E-state index < -0.39 is 17.8 Å². The third-order valence-electron chi connectivity index (χ3n) is 2.54. The Balaban J connectivity index is 2.97. The van der Waals surface area contributed by atoms with Gasteiger partial charge < -0.3 is 10.5 Å². The van der Waals surface area contributed by atoms with Crippen LogP contribution in [0.4, 0.5) is 13.2 Å². The molecule has 2 unspecified atom stereocenters. The van der Waals surface area contributed by atoms with Gasteiger partial charge in [0, 0.05) is 25.5 Å². The zero-order chi connectivity index (χ0) is 13.1. The molecular formula is C11H15F3N2O. The number of nitrogens with two attached hydrogens (primary N) is 1. The van der Waals surface area contributed by atoms with E-state index in [0.29, 0.717) is 6.42 Å². The molecule has 0 saturated heterocycles. The molecule has 96 valence electrons. The molecular weight excluding hydrogens is 233 g/mol. The second-order valence-corrected chi connectivity index (χ2v) is 3.85. The highest BCUT2D eigenvalue weighted by molar-refractivity contribution is 5.29. The molecule has 0 spiro atoms. The summed E-state index contributed by atoms with van der Waals surface area (Å²) in [6.07, 6.45) is -2.03. The van der Waals surface area contributed by atoms with Crippen LogP contribution in [0.1, 0.15) is 30.5 Å². The first kappa shape index (κ1) is 13.9. The number of hydrogen-bond donors (Lipinski definition) is 1. The first-order chi connectivity index (χ1) is 7.86. The zero-order valence-corrected chi connectivity index (χ0v) is 9.66. The van der Waals surface area contributed by atoms with E-state index in [1.807, 2.05) is 0 Å². The van der Waals surface area contributed by atoms with E-state index >= 15 is 0 Å². The van der Waals surface area contributed by atoms with Crippen molar-refractivity contribution in [3.05, 3.63) is 29.6 Å². The van der Waals surface area contributed by atoms with Crippen molar-refractivity contribution in [2.24, 2.45) is 5.73 Å². The minimum absolute atomic E-state index is 0.00361. The number of methoxy groups -OCH3 is 1. The van der Waals surface area contributed by atoms with Crippen LogP contribution < -0.4 is 5.73 Å². The minimum atomic E-state index is -4.41. The Morgan fingerprint density at radius 3 is 2.65 bits per heavy atom. The molecule has 2 atom stereocenters. The number of nitrogens with zero attached hydrogens (tertiary/aromatic N) is 1. The van der Waals surface area contributed by atoms with Gasteiger partial charge in [-0.3, -0.25) is 4.98 Å². The lowest BCUT2D eigenvalue weighted by atomic mass is 9.99. The van der Waals surface area contributed by atoms with Crippen LogP contribution >= 0.6 is 0 Å². The molecule has 17 heavy (non-hydrogen) atoms. The van der Waals surface area contributed by atoms with Gasteiger partial charge in [0.15, 0.2) is 0 Å². The van der Waals surface area contributed by atoms with Gasteiger partial charge in [0.05, 0.1) is 11.7 Å². The van der Waals surface area contributed by atoms with Gasteiger partial charge in [-0.1, -0.05) is 0 Å². The number of aromatic nitrogens is 1. The molecule has 0 aliphatic heterocycles. The smallest absolute Gasteiger partial charge is 0.382 e. The third-order valence-corrected chi connectivity index (χ3v) is 2.54. The van der Waals surface area contributed by atoms with Crippen LogP contribution in [0.3, 0.4) is 0 Å².